The maximum Gasteiger partial charge on any atom is 0.171 e. The Morgan fingerprint density at radius 1 is 0.913 bits per heavy atom. The van der Waals surface area contributed by atoms with E-state index in [0.29, 0.717) is 10.8 Å². The van der Waals surface area contributed by atoms with Crippen LogP contribution in [0.4, 0.5) is 0 Å². The summed E-state index contributed by atoms with van der Waals surface area (Å²) in [4.78, 5) is 26.1. The van der Waals surface area contributed by atoms with E-state index in [0.717, 1.165) is 6.42 Å². The lowest BCUT2D eigenvalue weighted by Gasteiger charge is -2.32. The molecule has 114 valence electrons. The number of ketones is 2. The van der Waals surface area contributed by atoms with E-state index in [-0.39, 0.29) is 57.1 Å². The zero-order chi connectivity index (χ0) is 15.9. The zero-order valence-electron chi connectivity index (χ0n) is 12.1. The van der Waals surface area contributed by atoms with Crippen LogP contribution in [-0.2, 0) is 0 Å². The van der Waals surface area contributed by atoms with Crippen molar-refractivity contribution in [3.05, 3.63) is 52.6 Å². The van der Waals surface area contributed by atoms with Gasteiger partial charge in [-0.25, -0.2) is 0 Å². The average Bonchev–Trinajstić information content (AvgIpc) is 3.17. The fraction of sp³-hybridized carbons (Fsp3) is 0.263. The first kappa shape index (κ1) is 13.3. The van der Waals surface area contributed by atoms with Gasteiger partial charge in [-0.05, 0) is 18.3 Å². The predicted molar refractivity (Wildman–Crippen MR) is 87.0 cm³/mol. The minimum atomic E-state index is -0.340. The number of carbonyl (C=O) groups is 2. The van der Waals surface area contributed by atoms with Crippen molar-refractivity contribution in [2.45, 2.75) is 6.42 Å². The number of rotatable bonds is 0. The number of halogens is 1. The number of Topliss-reactive ketones (excluding diaryl/α,β-unsaturated/α-hetero) is 2. The van der Waals surface area contributed by atoms with Crippen LogP contribution in [0.25, 0.3) is 10.8 Å². The molecule has 0 amide bonds. The molecule has 5 rings (SSSR count). The highest BCUT2D eigenvalue weighted by Crippen LogP contribution is 2.55. The number of fused-ring (bicyclic) bond motifs is 7. The Morgan fingerprint density at radius 3 is 2.13 bits per heavy atom. The van der Waals surface area contributed by atoms with Gasteiger partial charge in [-0.3, -0.25) is 9.59 Å². The summed E-state index contributed by atoms with van der Waals surface area (Å²) >= 11 is 6.48. The molecule has 0 aliphatic heterocycles. The van der Waals surface area contributed by atoms with E-state index in [1.807, 2.05) is 6.08 Å². The average molecular weight is 325 g/mol. The van der Waals surface area contributed by atoms with Gasteiger partial charge in [-0.1, -0.05) is 48.0 Å². The first-order valence-electron chi connectivity index (χ1n) is 7.79. The quantitative estimate of drug-likeness (QED) is 0.745. The Hall–Kier alpha value is -2.13. The van der Waals surface area contributed by atoms with Crippen LogP contribution in [0.5, 0.6) is 5.75 Å². The molecule has 23 heavy (non-hydrogen) atoms. The Kier molecular flexibility index (Phi) is 2.45. The Labute approximate surface area is 137 Å². The summed E-state index contributed by atoms with van der Waals surface area (Å²) < 4.78 is 0. The second-order valence-corrected chi connectivity index (χ2v) is 7.06. The van der Waals surface area contributed by atoms with Gasteiger partial charge in [-0.2, -0.15) is 0 Å². The fourth-order valence-corrected chi connectivity index (χ4v) is 5.07. The van der Waals surface area contributed by atoms with Gasteiger partial charge in [0.15, 0.2) is 11.6 Å². The third kappa shape index (κ3) is 1.46. The van der Waals surface area contributed by atoms with E-state index in [1.54, 1.807) is 24.3 Å². The summed E-state index contributed by atoms with van der Waals surface area (Å²) in [7, 11) is 0. The minimum Gasteiger partial charge on any atom is -0.507 e. The molecule has 4 atom stereocenters. The highest BCUT2D eigenvalue weighted by Gasteiger charge is 2.56. The molecule has 3 aliphatic rings. The monoisotopic (exact) mass is 324 g/mol. The van der Waals surface area contributed by atoms with E-state index in [9.17, 15) is 14.7 Å². The van der Waals surface area contributed by atoms with Crippen molar-refractivity contribution in [1.82, 2.24) is 0 Å². The van der Waals surface area contributed by atoms with Crippen molar-refractivity contribution in [3.8, 4) is 5.75 Å². The van der Waals surface area contributed by atoms with E-state index in [4.69, 9.17) is 11.6 Å². The van der Waals surface area contributed by atoms with Crippen molar-refractivity contribution < 1.29 is 14.7 Å². The molecule has 0 unspecified atom stereocenters. The number of hydrogen-bond donors (Lipinski definition) is 1. The molecule has 0 aromatic heterocycles. The van der Waals surface area contributed by atoms with Crippen molar-refractivity contribution in [2.24, 2.45) is 23.7 Å². The van der Waals surface area contributed by atoms with Crippen LogP contribution in [0.1, 0.15) is 27.1 Å². The first-order chi connectivity index (χ1) is 11.1. The van der Waals surface area contributed by atoms with Crippen LogP contribution in [-0.4, -0.2) is 16.7 Å². The molecule has 3 aliphatic carbocycles. The molecule has 0 heterocycles. The number of aromatic hydroxyl groups is 1. The third-order valence-electron chi connectivity index (χ3n) is 5.68. The van der Waals surface area contributed by atoms with Crippen LogP contribution >= 0.6 is 11.6 Å². The molecule has 2 aromatic rings. The normalized spacial score (nSPS) is 30.8. The summed E-state index contributed by atoms with van der Waals surface area (Å²) in [5.74, 6) is -0.752. The van der Waals surface area contributed by atoms with Crippen LogP contribution in [0.15, 0.2) is 36.4 Å². The molecule has 0 saturated heterocycles. The van der Waals surface area contributed by atoms with Gasteiger partial charge in [0.25, 0.3) is 0 Å². The van der Waals surface area contributed by atoms with Crippen LogP contribution in [0.3, 0.4) is 0 Å². The SMILES string of the molecule is O=C1c2c(c(O)c3ccccc3c2Cl)C(=O)[C@@H]2[C@@H]1[C@@H]1C=C[C@H]2C1. The maximum atomic E-state index is 13.1. The molecule has 1 fully saturated rings. The Morgan fingerprint density at radius 2 is 1.48 bits per heavy atom. The second kappa shape index (κ2) is 4.24. The van der Waals surface area contributed by atoms with Gasteiger partial charge in [0.05, 0.1) is 16.1 Å². The first-order valence-corrected chi connectivity index (χ1v) is 8.17. The third-order valence-corrected chi connectivity index (χ3v) is 6.08. The number of phenols is 1. The standard InChI is InChI=1S/C19H13ClO3/c20-16-10-3-1-2-4-11(10)17(21)15-14(16)18(22)12-8-5-6-9(7-8)13(12)19(15)23/h1-6,8-9,12-13,21H,7H2/t8-,9+,12+,13+/m1/s1. The van der Waals surface area contributed by atoms with E-state index >= 15 is 0 Å². The van der Waals surface area contributed by atoms with Crippen LogP contribution < -0.4 is 0 Å². The molecular formula is C19H13ClO3. The molecule has 0 spiro atoms. The maximum absolute atomic E-state index is 13.1. The molecule has 1 N–H and O–H groups in total. The number of phenolic OH excluding ortho intramolecular Hbond substituents is 1. The smallest absolute Gasteiger partial charge is 0.171 e. The van der Waals surface area contributed by atoms with Crippen molar-refractivity contribution in [1.29, 1.82) is 0 Å². The summed E-state index contributed by atoms with van der Waals surface area (Å²) in [6, 6.07) is 7.07. The molecule has 1 saturated carbocycles. The molecule has 3 nitrogen and oxygen atoms in total. The molecular weight excluding hydrogens is 312 g/mol. The van der Waals surface area contributed by atoms with Crippen molar-refractivity contribution >= 4 is 33.9 Å². The van der Waals surface area contributed by atoms with Crippen molar-refractivity contribution in [2.75, 3.05) is 0 Å². The molecule has 2 aromatic carbocycles. The summed E-state index contributed by atoms with van der Waals surface area (Å²) in [5, 5.41) is 12.1. The Balaban J connectivity index is 1.87. The second-order valence-electron chi connectivity index (χ2n) is 6.69. The lowest BCUT2D eigenvalue weighted by atomic mass is 9.68. The van der Waals surface area contributed by atoms with Crippen molar-refractivity contribution in [3.63, 3.8) is 0 Å². The lowest BCUT2D eigenvalue weighted by molar-refractivity contribution is 0.0718. The van der Waals surface area contributed by atoms with E-state index in [1.165, 1.54) is 0 Å². The highest BCUT2D eigenvalue weighted by molar-refractivity contribution is 6.41. The van der Waals surface area contributed by atoms with E-state index < -0.39 is 0 Å². The fourth-order valence-electron chi connectivity index (χ4n) is 4.72. The van der Waals surface area contributed by atoms with Gasteiger partial charge in [0.2, 0.25) is 0 Å². The zero-order valence-corrected chi connectivity index (χ0v) is 12.9. The van der Waals surface area contributed by atoms with Gasteiger partial charge < -0.3 is 5.11 Å². The predicted octanol–water partition coefficient (Wildman–Crippen LogP) is 4.02. The summed E-state index contributed by atoms with van der Waals surface area (Å²) in [6.45, 7) is 0. The number of benzene rings is 2. The molecule has 2 bridgehead atoms. The lowest BCUT2D eigenvalue weighted by Crippen LogP contribution is -2.39. The minimum absolute atomic E-state index is 0.0903. The van der Waals surface area contributed by atoms with E-state index in [2.05, 4.69) is 6.08 Å². The van der Waals surface area contributed by atoms with Crippen LogP contribution in [0, 0.1) is 23.7 Å². The highest BCUT2D eigenvalue weighted by atomic mass is 35.5. The van der Waals surface area contributed by atoms with Gasteiger partial charge in [0.1, 0.15) is 5.75 Å². The van der Waals surface area contributed by atoms with Gasteiger partial charge in [-0.15, -0.1) is 0 Å². The summed E-state index contributed by atoms with van der Waals surface area (Å²) in [5.41, 5.74) is 0.343. The number of hydrogen-bond acceptors (Lipinski definition) is 3. The largest absolute Gasteiger partial charge is 0.507 e. The number of carbonyl (C=O) groups excluding carboxylic acids is 2. The molecule has 0 radical (unpaired) electrons. The molecule has 4 heteroatoms. The number of allylic oxidation sites excluding steroid dienone is 2. The van der Waals surface area contributed by atoms with Crippen LogP contribution in [0.2, 0.25) is 5.02 Å². The van der Waals surface area contributed by atoms with Gasteiger partial charge in [0, 0.05) is 22.6 Å². The summed E-state index contributed by atoms with van der Waals surface area (Å²) in [6.07, 6.45) is 4.94. The topological polar surface area (TPSA) is 54.4 Å². The van der Waals surface area contributed by atoms with Gasteiger partial charge >= 0.3 is 0 Å². The Bertz CT molecular complexity index is 869.